The van der Waals surface area contributed by atoms with Crippen LogP contribution in [0.1, 0.15) is 19.4 Å². The molecule has 0 saturated heterocycles. The first-order valence-corrected chi connectivity index (χ1v) is 5.28. The third kappa shape index (κ3) is 3.21. The van der Waals surface area contributed by atoms with E-state index in [-0.39, 0.29) is 18.3 Å². The summed E-state index contributed by atoms with van der Waals surface area (Å²) in [6, 6.07) is 9.45. The number of benzene rings is 1. The Labute approximate surface area is 100 Å². The van der Waals surface area contributed by atoms with Crippen LogP contribution >= 0.6 is 0 Å². The fourth-order valence-corrected chi connectivity index (χ4v) is 1.41. The maximum absolute atomic E-state index is 12.0. The molecule has 0 radical (unpaired) electrons. The molecule has 92 valence electrons. The smallest absolute Gasteiger partial charge is 0.230 e. The van der Waals surface area contributed by atoms with Crippen molar-refractivity contribution in [1.82, 2.24) is 5.32 Å². The van der Waals surface area contributed by atoms with Crippen molar-refractivity contribution in [3.05, 3.63) is 35.9 Å². The molecule has 1 aromatic rings. The highest BCUT2D eigenvalue weighted by atomic mass is 16.4. The van der Waals surface area contributed by atoms with E-state index in [4.69, 9.17) is 10.9 Å². The summed E-state index contributed by atoms with van der Waals surface area (Å²) in [4.78, 5) is 12.0. The number of carbonyl (C=O) groups excluding carboxylic acids is 1. The molecule has 5 nitrogen and oxygen atoms in total. The maximum atomic E-state index is 12.0. The van der Waals surface area contributed by atoms with Gasteiger partial charge in [0.1, 0.15) is 0 Å². The van der Waals surface area contributed by atoms with Gasteiger partial charge in [-0.25, -0.2) is 0 Å². The van der Waals surface area contributed by atoms with Gasteiger partial charge < -0.3 is 16.3 Å². The van der Waals surface area contributed by atoms with Gasteiger partial charge in [0, 0.05) is 0 Å². The Balaban J connectivity index is 2.74. The van der Waals surface area contributed by atoms with E-state index in [2.05, 4.69) is 10.5 Å². The largest absolute Gasteiger partial charge is 0.409 e. The average molecular weight is 235 g/mol. The second-order valence-corrected chi connectivity index (χ2v) is 4.27. The number of amides is 1. The van der Waals surface area contributed by atoms with E-state index in [1.54, 1.807) is 0 Å². The summed E-state index contributed by atoms with van der Waals surface area (Å²) >= 11 is 0. The fraction of sp³-hybridized carbons (Fsp3) is 0.333. The first kappa shape index (κ1) is 13.0. The number of nitrogens with one attached hydrogen (secondary N) is 1. The third-order valence-corrected chi connectivity index (χ3v) is 2.62. The van der Waals surface area contributed by atoms with Gasteiger partial charge in [0.05, 0.1) is 12.0 Å². The predicted molar refractivity (Wildman–Crippen MR) is 65.9 cm³/mol. The molecule has 0 heterocycles. The highest BCUT2D eigenvalue weighted by molar-refractivity contribution is 5.91. The Morgan fingerprint density at radius 1 is 1.41 bits per heavy atom. The van der Waals surface area contributed by atoms with Crippen LogP contribution in [0.5, 0.6) is 0 Å². The van der Waals surface area contributed by atoms with Gasteiger partial charge in [-0.05, 0) is 19.4 Å². The van der Waals surface area contributed by atoms with Crippen LogP contribution in [0.3, 0.4) is 0 Å². The Kier molecular flexibility index (Phi) is 4.09. The number of hydrogen-bond donors (Lipinski definition) is 3. The van der Waals surface area contributed by atoms with E-state index in [0.717, 1.165) is 5.56 Å². The van der Waals surface area contributed by atoms with Crippen LogP contribution < -0.4 is 11.1 Å². The molecule has 0 spiro atoms. The topological polar surface area (TPSA) is 87.7 Å². The fourth-order valence-electron chi connectivity index (χ4n) is 1.41. The van der Waals surface area contributed by atoms with Gasteiger partial charge >= 0.3 is 0 Å². The molecule has 0 saturated carbocycles. The van der Waals surface area contributed by atoms with Gasteiger partial charge in [-0.3, -0.25) is 4.79 Å². The summed E-state index contributed by atoms with van der Waals surface area (Å²) in [5.41, 5.74) is 5.55. The molecule has 5 heteroatoms. The monoisotopic (exact) mass is 235 g/mol. The second-order valence-electron chi connectivity index (χ2n) is 4.27. The molecule has 1 amide bonds. The second kappa shape index (κ2) is 5.34. The number of nitrogens with two attached hydrogens (primary N) is 1. The number of carbonyl (C=O) groups is 1. The van der Waals surface area contributed by atoms with Crippen LogP contribution in [-0.4, -0.2) is 23.5 Å². The predicted octanol–water partition coefficient (Wildman–Crippen LogP) is 0.827. The number of oxime groups is 1. The molecule has 0 aliphatic heterocycles. The summed E-state index contributed by atoms with van der Waals surface area (Å²) in [6.45, 7) is 3.68. The first-order valence-electron chi connectivity index (χ1n) is 5.28. The number of amidine groups is 1. The zero-order chi connectivity index (χ0) is 12.9. The molecule has 1 rings (SSSR count). The van der Waals surface area contributed by atoms with Gasteiger partial charge in [0.25, 0.3) is 0 Å². The molecule has 1 aromatic carbocycles. The van der Waals surface area contributed by atoms with Crippen molar-refractivity contribution in [3.63, 3.8) is 0 Å². The zero-order valence-electron chi connectivity index (χ0n) is 9.97. The lowest BCUT2D eigenvalue weighted by Gasteiger charge is -2.23. The molecular weight excluding hydrogens is 218 g/mol. The highest BCUT2D eigenvalue weighted by Gasteiger charge is 2.29. The molecule has 0 atom stereocenters. The molecule has 0 aromatic heterocycles. The molecular formula is C12H17N3O2. The summed E-state index contributed by atoms with van der Waals surface area (Å²) in [6.07, 6.45) is 0. The molecule has 17 heavy (non-hydrogen) atoms. The molecule has 0 aliphatic carbocycles. The molecule has 0 unspecified atom stereocenters. The van der Waals surface area contributed by atoms with Crippen LogP contribution in [0.2, 0.25) is 0 Å². The lowest BCUT2D eigenvalue weighted by atomic mass is 9.84. The summed E-state index contributed by atoms with van der Waals surface area (Å²) in [7, 11) is 0. The van der Waals surface area contributed by atoms with E-state index in [9.17, 15) is 4.79 Å². The number of nitrogens with zero attached hydrogens (tertiary/aromatic N) is 1. The van der Waals surface area contributed by atoms with E-state index in [0.29, 0.717) is 0 Å². The maximum Gasteiger partial charge on any atom is 0.230 e. The standard InChI is InChI=1S/C12H17N3O2/c1-12(2,9-6-4-3-5-7-9)11(16)14-8-10(13)15-17/h3-7,17H,8H2,1-2H3,(H2,13,15)(H,14,16). The minimum atomic E-state index is -0.656. The van der Waals surface area contributed by atoms with Gasteiger partial charge in [0.2, 0.25) is 5.91 Å². The lowest BCUT2D eigenvalue weighted by molar-refractivity contribution is -0.125. The van der Waals surface area contributed by atoms with Gasteiger partial charge in [-0.15, -0.1) is 0 Å². The SMILES string of the molecule is CC(C)(C(=O)NC/C(N)=N/O)c1ccccc1. The Bertz CT molecular complexity index is 413. The van der Waals surface area contributed by atoms with Crippen molar-refractivity contribution in [1.29, 1.82) is 0 Å². The Hall–Kier alpha value is -2.04. The molecule has 0 bridgehead atoms. The first-order chi connectivity index (χ1) is 7.98. The van der Waals surface area contributed by atoms with Crippen LogP contribution in [0.4, 0.5) is 0 Å². The molecule has 0 fully saturated rings. The van der Waals surface area contributed by atoms with E-state index in [1.165, 1.54) is 0 Å². The van der Waals surface area contributed by atoms with Gasteiger partial charge in [0.15, 0.2) is 5.84 Å². The van der Waals surface area contributed by atoms with Crippen molar-refractivity contribution < 1.29 is 10.0 Å². The Morgan fingerprint density at radius 3 is 2.53 bits per heavy atom. The molecule has 4 N–H and O–H groups in total. The average Bonchev–Trinajstić information content (AvgIpc) is 2.36. The van der Waals surface area contributed by atoms with Crippen LogP contribution in [0.15, 0.2) is 35.5 Å². The number of rotatable bonds is 4. The van der Waals surface area contributed by atoms with Crippen molar-refractivity contribution in [3.8, 4) is 0 Å². The summed E-state index contributed by atoms with van der Waals surface area (Å²) in [5, 5.41) is 13.8. The van der Waals surface area contributed by atoms with Gasteiger partial charge in [-0.1, -0.05) is 35.5 Å². The van der Waals surface area contributed by atoms with Crippen molar-refractivity contribution >= 4 is 11.7 Å². The van der Waals surface area contributed by atoms with E-state index < -0.39 is 5.41 Å². The molecule has 0 aliphatic rings. The summed E-state index contributed by atoms with van der Waals surface area (Å²) in [5.74, 6) is -0.197. The minimum absolute atomic E-state index is 0.0257. The van der Waals surface area contributed by atoms with Gasteiger partial charge in [-0.2, -0.15) is 0 Å². The Morgan fingerprint density at radius 2 is 2.00 bits per heavy atom. The number of hydrogen-bond acceptors (Lipinski definition) is 3. The summed E-state index contributed by atoms with van der Waals surface area (Å²) < 4.78 is 0. The zero-order valence-corrected chi connectivity index (χ0v) is 9.97. The lowest BCUT2D eigenvalue weighted by Crippen LogP contribution is -2.43. The van der Waals surface area contributed by atoms with Crippen molar-refractivity contribution in [2.75, 3.05) is 6.54 Å². The van der Waals surface area contributed by atoms with Crippen LogP contribution in [0.25, 0.3) is 0 Å². The minimum Gasteiger partial charge on any atom is -0.409 e. The van der Waals surface area contributed by atoms with Crippen LogP contribution in [0, 0.1) is 0 Å². The van der Waals surface area contributed by atoms with Crippen molar-refractivity contribution in [2.45, 2.75) is 19.3 Å². The normalized spacial score (nSPS) is 12.2. The van der Waals surface area contributed by atoms with Crippen LogP contribution in [-0.2, 0) is 10.2 Å². The highest BCUT2D eigenvalue weighted by Crippen LogP contribution is 2.22. The van der Waals surface area contributed by atoms with E-state index in [1.807, 2.05) is 44.2 Å². The van der Waals surface area contributed by atoms with Crippen molar-refractivity contribution in [2.24, 2.45) is 10.9 Å². The third-order valence-electron chi connectivity index (χ3n) is 2.62. The quantitative estimate of drug-likeness (QED) is 0.312. The van der Waals surface area contributed by atoms with E-state index >= 15 is 0 Å².